The molecule has 0 spiro atoms. The second-order valence-electron chi connectivity index (χ2n) is 6.81. The molecule has 0 saturated heterocycles. The van der Waals surface area contributed by atoms with Gasteiger partial charge >= 0.3 is 0 Å². The molecular weight excluding hydrogens is 424 g/mol. The Kier molecular flexibility index (Phi) is 8.13. The molecule has 3 aromatic rings. The minimum absolute atomic E-state index is 0.356. The second-order valence-corrected chi connectivity index (χ2v) is 6.81. The highest BCUT2D eigenvalue weighted by molar-refractivity contribution is 5.95. The first-order valence-corrected chi connectivity index (χ1v) is 10.1. The molecule has 0 aliphatic heterocycles. The van der Waals surface area contributed by atoms with Crippen molar-refractivity contribution in [3.63, 3.8) is 0 Å². The third-order valence-corrected chi connectivity index (χ3v) is 4.76. The largest absolute Gasteiger partial charge is 0.497 e. The van der Waals surface area contributed by atoms with Crippen LogP contribution in [0, 0.1) is 0 Å². The first kappa shape index (κ1) is 23.5. The quantitative estimate of drug-likeness (QED) is 0.370. The van der Waals surface area contributed by atoms with Gasteiger partial charge in [-0.05, 0) is 48.0 Å². The monoisotopic (exact) mass is 450 g/mol. The zero-order chi connectivity index (χ0) is 23.6. The van der Waals surface area contributed by atoms with Crippen LogP contribution in [-0.4, -0.2) is 40.6 Å². The third kappa shape index (κ3) is 6.16. The maximum absolute atomic E-state index is 12.4. The standard InChI is InChI=1S/C25H26N2O6/c1-29-21-7-5-6-17(12-21)16-33-20-10-8-18(9-11-20)25(28)27-26-15-19-13-23(31-3)24(32-4)14-22(19)30-2/h5-15H,16H2,1-4H3,(H,27,28)/b26-15+. The molecule has 0 fully saturated rings. The normalized spacial score (nSPS) is 10.5. The summed E-state index contributed by atoms with van der Waals surface area (Å²) in [6.07, 6.45) is 1.48. The number of carbonyl (C=O) groups excluding carboxylic acids is 1. The highest BCUT2D eigenvalue weighted by atomic mass is 16.5. The van der Waals surface area contributed by atoms with Gasteiger partial charge in [-0.3, -0.25) is 4.79 Å². The Hall–Kier alpha value is -4.20. The van der Waals surface area contributed by atoms with Crippen LogP contribution in [0.3, 0.4) is 0 Å². The average molecular weight is 450 g/mol. The van der Waals surface area contributed by atoms with E-state index in [1.165, 1.54) is 20.4 Å². The Balaban J connectivity index is 1.60. The van der Waals surface area contributed by atoms with E-state index in [4.69, 9.17) is 23.7 Å². The molecule has 0 heterocycles. The predicted octanol–water partition coefficient (Wildman–Crippen LogP) is 4.06. The van der Waals surface area contributed by atoms with Crippen LogP contribution >= 0.6 is 0 Å². The van der Waals surface area contributed by atoms with Gasteiger partial charge in [-0.1, -0.05) is 12.1 Å². The van der Waals surface area contributed by atoms with Gasteiger partial charge < -0.3 is 23.7 Å². The summed E-state index contributed by atoms with van der Waals surface area (Å²) in [6.45, 7) is 0.389. The van der Waals surface area contributed by atoms with Gasteiger partial charge in [0.1, 0.15) is 23.9 Å². The van der Waals surface area contributed by atoms with Crippen LogP contribution in [0.2, 0.25) is 0 Å². The predicted molar refractivity (Wildman–Crippen MR) is 125 cm³/mol. The van der Waals surface area contributed by atoms with Gasteiger partial charge in [-0.15, -0.1) is 0 Å². The summed E-state index contributed by atoms with van der Waals surface area (Å²) in [6, 6.07) is 17.8. The fourth-order valence-electron chi connectivity index (χ4n) is 3.01. The van der Waals surface area contributed by atoms with Gasteiger partial charge in [-0.2, -0.15) is 5.10 Å². The van der Waals surface area contributed by atoms with E-state index in [2.05, 4.69) is 10.5 Å². The zero-order valence-corrected chi connectivity index (χ0v) is 19.0. The summed E-state index contributed by atoms with van der Waals surface area (Å²) >= 11 is 0. The van der Waals surface area contributed by atoms with E-state index in [9.17, 15) is 4.79 Å². The van der Waals surface area contributed by atoms with Crippen LogP contribution in [0.25, 0.3) is 0 Å². The summed E-state index contributed by atoms with van der Waals surface area (Å²) in [7, 11) is 6.24. The molecule has 1 N–H and O–H groups in total. The van der Waals surface area contributed by atoms with Gasteiger partial charge in [0, 0.05) is 17.2 Å². The zero-order valence-electron chi connectivity index (χ0n) is 19.0. The lowest BCUT2D eigenvalue weighted by Gasteiger charge is -2.11. The van der Waals surface area contributed by atoms with E-state index in [0.717, 1.165) is 11.3 Å². The Labute approximate surface area is 192 Å². The molecule has 1 amide bonds. The van der Waals surface area contributed by atoms with Crippen molar-refractivity contribution in [2.45, 2.75) is 6.61 Å². The minimum atomic E-state index is -0.356. The molecule has 0 atom stereocenters. The van der Waals surface area contributed by atoms with E-state index in [1.54, 1.807) is 50.6 Å². The average Bonchev–Trinajstić information content (AvgIpc) is 2.87. The molecule has 8 heteroatoms. The number of hydrazone groups is 1. The molecule has 0 aromatic heterocycles. The van der Waals surface area contributed by atoms with Gasteiger partial charge in [0.15, 0.2) is 11.5 Å². The number of hydrogen-bond acceptors (Lipinski definition) is 7. The fourth-order valence-corrected chi connectivity index (χ4v) is 3.01. The summed E-state index contributed by atoms with van der Waals surface area (Å²) in [5, 5.41) is 4.03. The van der Waals surface area contributed by atoms with Gasteiger partial charge in [0.25, 0.3) is 5.91 Å². The number of methoxy groups -OCH3 is 4. The van der Waals surface area contributed by atoms with Crippen molar-refractivity contribution in [3.05, 3.63) is 77.4 Å². The van der Waals surface area contributed by atoms with Crippen molar-refractivity contribution in [1.82, 2.24) is 5.43 Å². The molecule has 33 heavy (non-hydrogen) atoms. The lowest BCUT2D eigenvalue weighted by molar-refractivity contribution is 0.0955. The highest BCUT2D eigenvalue weighted by Gasteiger charge is 2.11. The van der Waals surface area contributed by atoms with E-state index >= 15 is 0 Å². The summed E-state index contributed by atoms with van der Waals surface area (Å²) < 4.78 is 26.9. The number of nitrogens with one attached hydrogen (secondary N) is 1. The second kappa shape index (κ2) is 11.4. The molecule has 8 nitrogen and oxygen atoms in total. The number of amides is 1. The maximum Gasteiger partial charge on any atom is 0.271 e. The third-order valence-electron chi connectivity index (χ3n) is 4.76. The Morgan fingerprint density at radius 1 is 0.818 bits per heavy atom. The van der Waals surface area contributed by atoms with Crippen LogP contribution in [0.15, 0.2) is 65.8 Å². The molecular formula is C25H26N2O6. The number of nitrogens with zero attached hydrogens (tertiary/aromatic N) is 1. The van der Waals surface area contributed by atoms with Crippen molar-refractivity contribution in [2.75, 3.05) is 28.4 Å². The molecule has 0 aliphatic carbocycles. The molecule has 0 radical (unpaired) electrons. The number of rotatable bonds is 10. The lowest BCUT2D eigenvalue weighted by Crippen LogP contribution is -2.17. The summed E-state index contributed by atoms with van der Waals surface area (Å²) in [5.74, 6) is 2.65. The summed E-state index contributed by atoms with van der Waals surface area (Å²) in [5.41, 5.74) is 4.55. The fraction of sp³-hybridized carbons (Fsp3) is 0.200. The molecule has 3 aromatic carbocycles. The SMILES string of the molecule is COc1cccc(COc2ccc(C(=O)N/N=C/c3cc(OC)c(OC)cc3OC)cc2)c1. The van der Waals surface area contributed by atoms with Crippen LogP contribution in [0.5, 0.6) is 28.7 Å². The van der Waals surface area contributed by atoms with Crippen molar-refractivity contribution in [2.24, 2.45) is 5.10 Å². The lowest BCUT2D eigenvalue weighted by atomic mass is 10.2. The molecule has 0 bridgehead atoms. The van der Waals surface area contributed by atoms with E-state index < -0.39 is 0 Å². The van der Waals surface area contributed by atoms with Gasteiger partial charge in [0.05, 0.1) is 34.7 Å². The molecule has 0 aliphatic rings. The first-order chi connectivity index (χ1) is 16.1. The molecule has 172 valence electrons. The van der Waals surface area contributed by atoms with E-state index in [-0.39, 0.29) is 5.91 Å². The van der Waals surface area contributed by atoms with E-state index in [1.807, 2.05) is 24.3 Å². The van der Waals surface area contributed by atoms with Gasteiger partial charge in [0.2, 0.25) is 0 Å². The molecule has 3 rings (SSSR count). The van der Waals surface area contributed by atoms with Crippen LogP contribution in [0.4, 0.5) is 0 Å². The number of carbonyl (C=O) groups is 1. The van der Waals surface area contributed by atoms with Crippen LogP contribution < -0.4 is 29.1 Å². The molecule has 0 unspecified atom stereocenters. The minimum Gasteiger partial charge on any atom is -0.497 e. The topological polar surface area (TPSA) is 87.6 Å². The van der Waals surface area contributed by atoms with E-state index in [0.29, 0.717) is 40.7 Å². The van der Waals surface area contributed by atoms with Crippen LogP contribution in [-0.2, 0) is 6.61 Å². The van der Waals surface area contributed by atoms with Crippen molar-refractivity contribution in [3.8, 4) is 28.7 Å². The summed E-state index contributed by atoms with van der Waals surface area (Å²) in [4.78, 5) is 12.4. The number of benzene rings is 3. The Bertz CT molecular complexity index is 1110. The Morgan fingerprint density at radius 3 is 2.18 bits per heavy atom. The van der Waals surface area contributed by atoms with Crippen molar-refractivity contribution in [1.29, 1.82) is 0 Å². The maximum atomic E-state index is 12.4. The molecule has 0 saturated carbocycles. The first-order valence-electron chi connectivity index (χ1n) is 10.1. The van der Waals surface area contributed by atoms with Crippen LogP contribution in [0.1, 0.15) is 21.5 Å². The smallest absolute Gasteiger partial charge is 0.271 e. The van der Waals surface area contributed by atoms with Crippen molar-refractivity contribution < 1.29 is 28.5 Å². The number of ether oxygens (including phenoxy) is 5. The number of hydrogen-bond donors (Lipinski definition) is 1. The highest BCUT2D eigenvalue weighted by Crippen LogP contribution is 2.33. The van der Waals surface area contributed by atoms with Crippen molar-refractivity contribution >= 4 is 12.1 Å². The Morgan fingerprint density at radius 2 is 1.52 bits per heavy atom. The van der Waals surface area contributed by atoms with Gasteiger partial charge in [-0.25, -0.2) is 5.43 Å².